The van der Waals surface area contributed by atoms with Gasteiger partial charge >= 0.3 is 11.9 Å². The Morgan fingerprint density at radius 3 is 1.35 bits per heavy atom. The Morgan fingerprint density at radius 1 is 0.567 bits per heavy atom. The highest BCUT2D eigenvalue weighted by molar-refractivity contribution is 5.85. The van der Waals surface area contributed by atoms with Gasteiger partial charge in [-0.3, -0.25) is 19.4 Å². The highest BCUT2D eigenvalue weighted by atomic mass is 16.5. The van der Waals surface area contributed by atoms with Gasteiger partial charge in [0, 0.05) is 13.1 Å². The third kappa shape index (κ3) is 12.2. The fraction of sp³-hybridized carbons (Fsp3) is 0.577. The van der Waals surface area contributed by atoms with Crippen LogP contribution in [0.1, 0.15) is 123 Å². The summed E-state index contributed by atoms with van der Waals surface area (Å²) < 4.78 is 17.8. The molecule has 8 rings (SSSR count). The second kappa shape index (κ2) is 19.7. The Hall–Kier alpha value is -4.14. The predicted octanol–water partition coefficient (Wildman–Crippen LogP) is 11.4. The molecule has 2 saturated heterocycles. The van der Waals surface area contributed by atoms with Crippen molar-refractivity contribution in [2.45, 2.75) is 137 Å². The second-order valence-electron chi connectivity index (χ2n) is 19.8. The average Bonchev–Trinajstić information content (AvgIpc) is 3.23. The van der Waals surface area contributed by atoms with Crippen LogP contribution in [0.15, 0.2) is 72.8 Å². The molecule has 1 N–H and O–H groups in total. The topological polar surface area (TPSA) is 88.5 Å². The number of rotatable bonds is 11. The van der Waals surface area contributed by atoms with Crippen molar-refractivity contribution in [1.82, 2.24) is 9.80 Å². The lowest BCUT2D eigenvalue weighted by atomic mass is 9.76. The number of nitrogens with zero attached hydrogens (tertiary/aromatic N) is 2. The smallest absolute Gasteiger partial charge is 0.309 e. The molecule has 0 bridgehead atoms. The van der Waals surface area contributed by atoms with E-state index in [1.807, 2.05) is 6.92 Å². The number of aliphatic carboxylic acids is 1. The van der Waals surface area contributed by atoms with Crippen molar-refractivity contribution in [3.63, 3.8) is 0 Å². The monoisotopic (exact) mass is 819 g/mol. The minimum absolute atomic E-state index is 0.0252. The van der Waals surface area contributed by atoms with E-state index in [1.54, 1.807) is 0 Å². The van der Waals surface area contributed by atoms with E-state index in [-0.39, 0.29) is 17.8 Å². The molecule has 0 radical (unpaired) electrons. The van der Waals surface area contributed by atoms with E-state index in [9.17, 15) is 9.59 Å². The first-order valence-electron chi connectivity index (χ1n) is 23.0. The molecule has 4 aromatic rings. The molecule has 0 aromatic heterocycles. The third-order valence-corrected chi connectivity index (χ3v) is 13.9. The van der Waals surface area contributed by atoms with Gasteiger partial charge in [0.05, 0.1) is 30.7 Å². The number of ether oxygens (including phenoxy) is 3. The molecule has 8 heteroatoms. The van der Waals surface area contributed by atoms with E-state index in [4.69, 9.17) is 19.3 Å². The zero-order valence-corrected chi connectivity index (χ0v) is 37.1. The number of carbonyl (C=O) groups is 2. The Balaban J connectivity index is 0.000000182. The Labute approximate surface area is 358 Å². The molecule has 8 nitrogen and oxygen atoms in total. The summed E-state index contributed by atoms with van der Waals surface area (Å²) in [6.45, 7) is 17.2. The molecule has 0 unspecified atom stereocenters. The number of carboxylic acids is 1. The van der Waals surface area contributed by atoms with Gasteiger partial charge in [-0.15, -0.1) is 0 Å². The van der Waals surface area contributed by atoms with E-state index in [0.29, 0.717) is 29.6 Å². The summed E-state index contributed by atoms with van der Waals surface area (Å²) in [4.78, 5) is 27.9. The van der Waals surface area contributed by atoms with Crippen molar-refractivity contribution in [2.24, 2.45) is 22.7 Å². The van der Waals surface area contributed by atoms with Crippen molar-refractivity contribution in [2.75, 3.05) is 32.8 Å². The summed E-state index contributed by atoms with van der Waals surface area (Å²) in [5.74, 6) is 1.20. The zero-order chi connectivity index (χ0) is 42.3. The molecule has 2 heterocycles. The molecule has 2 aliphatic carbocycles. The lowest BCUT2D eigenvalue weighted by Crippen LogP contribution is -2.36. The second-order valence-corrected chi connectivity index (χ2v) is 19.8. The van der Waals surface area contributed by atoms with Gasteiger partial charge in [0.25, 0.3) is 0 Å². The number of piperidine rings is 2. The van der Waals surface area contributed by atoms with Crippen molar-refractivity contribution in [3.8, 4) is 11.5 Å². The maximum atomic E-state index is 11.9. The lowest BCUT2D eigenvalue weighted by Gasteiger charge is -2.34. The number of hydrogen-bond donors (Lipinski definition) is 1. The Morgan fingerprint density at radius 2 is 0.950 bits per heavy atom. The van der Waals surface area contributed by atoms with Crippen LogP contribution in [0.2, 0.25) is 0 Å². The molecule has 2 aliphatic heterocycles. The van der Waals surface area contributed by atoms with Gasteiger partial charge in [-0.2, -0.15) is 0 Å². The minimum atomic E-state index is -0.648. The van der Waals surface area contributed by atoms with Crippen LogP contribution >= 0.6 is 0 Å². The number of hydrogen-bond acceptors (Lipinski definition) is 7. The van der Waals surface area contributed by atoms with Gasteiger partial charge in [0.1, 0.15) is 11.5 Å². The first-order valence-corrected chi connectivity index (χ1v) is 23.0. The first kappa shape index (κ1) is 43.9. The van der Waals surface area contributed by atoms with E-state index in [2.05, 4.69) is 110 Å². The van der Waals surface area contributed by atoms with E-state index in [0.717, 1.165) is 102 Å². The molecular weight excluding hydrogens is 749 g/mol. The number of esters is 1. The molecule has 0 spiro atoms. The van der Waals surface area contributed by atoms with Crippen LogP contribution in [0.25, 0.3) is 21.5 Å². The summed E-state index contributed by atoms with van der Waals surface area (Å²) in [5, 5.41) is 14.1. The van der Waals surface area contributed by atoms with E-state index in [1.165, 1.54) is 58.4 Å². The van der Waals surface area contributed by atoms with Crippen LogP contribution in [0.3, 0.4) is 0 Å². The lowest BCUT2D eigenvalue weighted by molar-refractivity contribution is -0.149. The molecular formula is C52H70N2O6. The fourth-order valence-corrected chi connectivity index (χ4v) is 9.70. The van der Waals surface area contributed by atoms with Crippen molar-refractivity contribution in [3.05, 3.63) is 83.9 Å². The van der Waals surface area contributed by atoms with Gasteiger partial charge in [0.15, 0.2) is 0 Å². The highest BCUT2D eigenvalue weighted by Gasteiger charge is 2.30. The molecule has 60 heavy (non-hydrogen) atoms. The van der Waals surface area contributed by atoms with Crippen molar-refractivity contribution in [1.29, 1.82) is 0 Å². The van der Waals surface area contributed by atoms with Crippen LogP contribution in [0.4, 0.5) is 0 Å². The number of carbonyl (C=O) groups excluding carboxylic acids is 1. The maximum Gasteiger partial charge on any atom is 0.309 e. The summed E-state index contributed by atoms with van der Waals surface area (Å²) in [6, 6.07) is 26.3. The minimum Gasteiger partial charge on any atom is -0.490 e. The predicted molar refractivity (Wildman–Crippen MR) is 241 cm³/mol. The Bertz CT molecular complexity index is 2040. The number of likely N-dealkylation sites (tertiary alicyclic amines) is 2. The van der Waals surface area contributed by atoms with Gasteiger partial charge in [-0.05, 0) is 190 Å². The normalized spacial score (nSPS) is 20.9. The van der Waals surface area contributed by atoms with Crippen molar-refractivity contribution < 1.29 is 28.9 Å². The van der Waals surface area contributed by atoms with Crippen LogP contribution in [-0.2, 0) is 27.4 Å². The molecule has 4 aromatic carbocycles. The van der Waals surface area contributed by atoms with Crippen LogP contribution in [-0.4, -0.2) is 71.8 Å². The molecule has 0 amide bonds. The van der Waals surface area contributed by atoms with Gasteiger partial charge < -0.3 is 19.3 Å². The summed E-state index contributed by atoms with van der Waals surface area (Å²) in [7, 11) is 0. The molecule has 0 atom stereocenters. The number of carboxylic acid groups (broad SMARTS) is 1. The van der Waals surface area contributed by atoms with Crippen molar-refractivity contribution >= 4 is 33.5 Å². The summed E-state index contributed by atoms with van der Waals surface area (Å²) in [6.07, 6.45) is 13.5. The number of fused-ring (bicyclic) bond motifs is 2. The third-order valence-electron chi connectivity index (χ3n) is 13.9. The van der Waals surface area contributed by atoms with Gasteiger partial charge in [0.2, 0.25) is 0 Å². The SMILES string of the molecule is CC1(C)CCC(Oc2ccc3cc(CN4CCC(C(=O)O)CC4)ccc3c2)CC1.CCOC(=O)C1CCN(Cc2ccc3cc(OC4CCC(C)(C)CC4)ccc3c2)CC1. The van der Waals surface area contributed by atoms with E-state index < -0.39 is 5.97 Å². The van der Waals surface area contributed by atoms with Gasteiger partial charge in [-0.1, -0.05) is 64.1 Å². The average molecular weight is 819 g/mol. The van der Waals surface area contributed by atoms with Gasteiger partial charge in [-0.25, -0.2) is 0 Å². The zero-order valence-electron chi connectivity index (χ0n) is 37.1. The summed E-state index contributed by atoms with van der Waals surface area (Å²) >= 11 is 0. The largest absolute Gasteiger partial charge is 0.490 e. The molecule has 4 aliphatic rings. The quantitative estimate of drug-likeness (QED) is 0.150. The highest BCUT2D eigenvalue weighted by Crippen LogP contribution is 2.38. The molecule has 2 saturated carbocycles. The standard InChI is InChI=1S/C27H37NO3.C25H33NO3/c1-4-30-26(29)21-11-15-28(16-12-21)19-20-5-6-23-18-25(8-7-22(23)17-20)31-24-9-13-27(2,3)14-10-24;1-25(2)11-7-22(8-12-25)29-23-6-5-20-15-18(3-4-21(20)16-23)17-26-13-9-19(10-14-26)24(27)28/h5-8,17-18,21,24H,4,9-16,19H2,1-3H3;3-6,15-16,19,22H,7-14,17H2,1-2H3,(H,27,28). The van der Waals surface area contributed by atoms with E-state index >= 15 is 0 Å². The first-order chi connectivity index (χ1) is 28.8. The summed E-state index contributed by atoms with van der Waals surface area (Å²) in [5.41, 5.74) is 3.54. The van der Waals surface area contributed by atoms with Crippen LogP contribution in [0.5, 0.6) is 11.5 Å². The molecule has 4 fully saturated rings. The number of benzene rings is 4. The maximum absolute atomic E-state index is 11.9. The van der Waals surface area contributed by atoms with Crippen LogP contribution < -0.4 is 9.47 Å². The fourth-order valence-electron chi connectivity index (χ4n) is 9.70. The molecule has 324 valence electrons. The Kier molecular flexibility index (Phi) is 14.4. The van der Waals surface area contributed by atoms with Crippen LogP contribution in [0, 0.1) is 22.7 Å².